The van der Waals surface area contributed by atoms with Crippen molar-refractivity contribution in [3.63, 3.8) is 0 Å². The molecule has 0 amide bonds. The van der Waals surface area contributed by atoms with Crippen LogP contribution in [-0.4, -0.2) is 130 Å². The van der Waals surface area contributed by atoms with Crippen LogP contribution in [0.4, 0.5) is 22.7 Å². The Bertz CT molecular complexity index is 4730. The Hall–Kier alpha value is -11.8. The van der Waals surface area contributed by atoms with Crippen LogP contribution in [-0.2, 0) is 59.1 Å². The molecule has 4 unspecified atom stereocenters. The molecule has 622 valence electrons. The number of allylic oxidation sites excluding steroid dienone is 12. The minimum Gasteiger partial charge on any atom is -0.478 e. The van der Waals surface area contributed by atoms with E-state index >= 15 is 0 Å². The van der Waals surface area contributed by atoms with E-state index in [2.05, 4.69) is 106 Å². The lowest BCUT2D eigenvalue weighted by atomic mass is 9.90. The fourth-order valence-electron chi connectivity index (χ4n) is 12.0. The number of hydrogen-bond donors (Lipinski definition) is 5. The average Bonchev–Trinajstić information content (AvgIpc) is 1.71. The van der Waals surface area contributed by atoms with Gasteiger partial charge in [0.05, 0.1) is 40.3 Å². The molecular formula is C95H109ClN6O16. The molecule has 4 aliphatic heterocycles. The largest absolute Gasteiger partial charge is 0.478 e. The van der Waals surface area contributed by atoms with Crippen LogP contribution in [0.1, 0.15) is 169 Å². The standard InChI is InChI=1S/C22H25NO2.C22H23NO2.C12H13NO.C12H11NO.2C9H11NO4.C5H9ClO.C4H6O/c2*1-16-6-5-7-18(14-16)11-13-22(24)25-17(2)10-12-20-15-19-8-3-4-9-21(19)23-20;2*1-9(14)6-7-11-8-10-4-2-3-5-12(10)13-11;2*11-9(12)5-4-7-2-1-3-8(6-7)10(13)14;1-5(2,3)4(6)7;1-3-4(2)5/h3-4,7-13,16-17H,5-6,14-15H2,1-2H3;3-4,7-9,11,13,16-17H,5-6,14-15H2,1-2H3;2-7,9,14H,8H2,1H3;2-5,9,14H,8H2,1H3;2*2,4-5,8H,1,3,6H2,(H,11,12);1-3H3;1,4-5H,2H3/b12-10-,13-11+;13-11+;7-6-;;2*5-4+;;/t2*16?,17-;2*9-;;;;4-/m1111...1/s1. The fourth-order valence-corrected chi connectivity index (χ4v) is 12.0. The summed E-state index contributed by atoms with van der Waals surface area (Å²) in [4.78, 5) is 92.7. The molecule has 0 saturated heterocycles. The minimum absolute atomic E-state index is 0.275. The first-order valence-electron chi connectivity index (χ1n) is 39.5. The van der Waals surface area contributed by atoms with Gasteiger partial charge in [-0.15, -0.1) is 6.42 Å². The Morgan fingerprint density at radius 2 is 0.839 bits per heavy atom. The molecule has 9 atom stereocenters. The van der Waals surface area contributed by atoms with Crippen molar-refractivity contribution in [1.29, 1.82) is 0 Å². The number of aliphatic imine (C=N–C) groups is 4. The van der Waals surface area contributed by atoms with Crippen molar-refractivity contribution in [3.05, 3.63) is 259 Å². The highest BCUT2D eigenvalue weighted by atomic mass is 35.5. The number of carboxylic acid groups (broad SMARTS) is 2. The summed E-state index contributed by atoms with van der Waals surface area (Å²) in [6, 6.07) is 31.1. The highest BCUT2D eigenvalue weighted by molar-refractivity contribution is 6.64. The van der Waals surface area contributed by atoms with E-state index in [9.17, 15) is 44.2 Å². The van der Waals surface area contributed by atoms with E-state index in [1.165, 1.54) is 70.5 Å². The van der Waals surface area contributed by atoms with E-state index in [4.69, 9.17) is 46.6 Å². The van der Waals surface area contributed by atoms with Crippen molar-refractivity contribution in [2.75, 3.05) is 0 Å². The van der Waals surface area contributed by atoms with Crippen LogP contribution in [0.25, 0.3) is 0 Å². The predicted molar refractivity (Wildman–Crippen MR) is 468 cm³/mol. The summed E-state index contributed by atoms with van der Waals surface area (Å²) in [6.07, 6.45) is 42.6. The molecule has 23 heteroatoms. The number of ether oxygens (including phenoxy) is 2. The van der Waals surface area contributed by atoms with Crippen molar-refractivity contribution < 1.29 is 68.8 Å². The third-order valence-electron chi connectivity index (χ3n) is 18.3. The zero-order chi connectivity index (χ0) is 86.7. The van der Waals surface area contributed by atoms with Crippen molar-refractivity contribution in [3.8, 4) is 36.0 Å². The maximum atomic E-state index is 12.0. The van der Waals surface area contributed by atoms with Crippen LogP contribution in [0.15, 0.2) is 237 Å². The number of fused-ring (bicyclic) bond motifs is 4. The zero-order valence-corrected chi connectivity index (χ0v) is 69.6. The van der Waals surface area contributed by atoms with Gasteiger partial charge in [-0.25, -0.2) is 29.2 Å². The van der Waals surface area contributed by atoms with Gasteiger partial charge in [-0.1, -0.05) is 191 Å². The molecule has 8 aliphatic rings. The van der Waals surface area contributed by atoms with Gasteiger partial charge in [-0.05, 0) is 197 Å². The molecule has 4 aromatic rings. The summed E-state index contributed by atoms with van der Waals surface area (Å²) >= 11 is 5.11. The molecule has 4 aliphatic carbocycles. The second-order valence-corrected chi connectivity index (χ2v) is 30.5. The Morgan fingerprint density at radius 3 is 1.18 bits per heavy atom. The molecule has 0 aromatic heterocycles. The second kappa shape index (κ2) is 51.3. The predicted octanol–water partition coefficient (Wildman–Crippen LogP) is 18.2. The quantitative estimate of drug-likeness (QED) is 0.0174. The average molecular weight is 1630 g/mol. The van der Waals surface area contributed by atoms with Crippen molar-refractivity contribution in [2.24, 2.45) is 37.2 Å². The number of rotatable bonds is 16. The summed E-state index contributed by atoms with van der Waals surface area (Å²) in [5, 5.41) is 63.6. The van der Waals surface area contributed by atoms with E-state index in [1.54, 1.807) is 54.5 Å². The van der Waals surface area contributed by atoms with Gasteiger partial charge in [-0.3, -0.25) is 35.0 Å². The number of halogens is 1. The summed E-state index contributed by atoms with van der Waals surface area (Å²) in [5.41, 5.74) is 16.2. The first-order chi connectivity index (χ1) is 56.1. The lowest BCUT2D eigenvalue weighted by molar-refractivity contribution is -0.523. The van der Waals surface area contributed by atoms with Gasteiger partial charge in [0.15, 0.2) is 6.10 Å². The number of para-hydroxylation sites is 4. The molecule has 5 N–H and O–H groups in total. The SMILES string of the molecule is C#C[C@@H](C)O.CC(C)(C)C(=O)Cl.CC1CCC=C(/C=C/C(=O)O[C@H](C)/C=C\C2=Nc3ccccc3C2)C1.CC1CCC=C(/C=C/C(=O)O[C@H](C)C#CC2=Nc3ccccc3C2)C1.C[C@@H](O)/C=C\C1=Nc2ccccc2C1.C[C@@H](O)C#CC1=Nc2ccccc2C1.O=C(O)/C=C/C1=CCCC([N+](=O)[O-])C1.O=C(O)/C=C/C1=CCCC([N+](=O)[O-])C1. The topological polar surface area (TPSA) is 341 Å². The maximum absolute atomic E-state index is 12.0. The van der Waals surface area contributed by atoms with Crippen LogP contribution >= 0.6 is 11.6 Å². The normalized spacial score (nSPS) is 19.0. The van der Waals surface area contributed by atoms with Crippen LogP contribution < -0.4 is 0 Å². The van der Waals surface area contributed by atoms with E-state index in [-0.39, 0.29) is 38.5 Å². The van der Waals surface area contributed by atoms with E-state index < -0.39 is 48.4 Å². The number of carbonyl (C=O) groups excluding carboxylic acids is 3. The highest BCUT2D eigenvalue weighted by Crippen LogP contribution is 2.31. The van der Waals surface area contributed by atoms with Gasteiger partial charge < -0.3 is 35.0 Å². The highest BCUT2D eigenvalue weighted by Gasteiger charge is 2.26. The second-order valence-electron chi connectivity index (χ2n) is 30.1. The number of benzene rings is 4. The van der Waals surface area contributed by atoms with Gasteiger partial charge >= 0.3 is 23.9 Å². The maximum Gasteiger partial charge on any atom is 0.331 e. The zero-order valence-electron chi connectivity index (χ0n) is 68.9. The summed E-state index contributed by atoms with van der Waals surface area (Å²) in [7, 11) is 0. The number of aliphatic carboxylic acids is 2. The molecule has 22 nitrogen and oxygen atoms in total. The summed E-state index contributed by atoms with van der Waals surface area (Å²) in [6.45, 7) is 18.4. The van der Waals surface area contributed by atoms with E-state index in [1.807, 2.05) is 122 Å². The molecule has 12 rings (SSSR count). The number of terminal acetylenes is 1. The third-order valence-corrected chi connectivity index (χ3v) is 18.8. The number of aliphatic hydroxyl groups excluding tert-OH is 3. The lowest BCUT2D eigenvalue weighted by Gasteiger charge is -2.16. The molecule has 118 heavy (non-hydrogen) atoms. The van der Waals surface area contributed by atoms with Gasteiger partial charge in [0.2, 0.25) is 17.3 Å². The Labute approximate surface area is 698 Å². The molecule has 0 spiro atoms. The molecular weight excluding hydrogens is 1520 g/mol. The number of hydrogen-bond acceptors (Lipinski definition) is 18. The third kappa shape index (κ3) is 39.2. The number of aliphatic hydroxyl groups is 3. The smallest absolute Gasteiger partial charge is 0.331 e. The van der Waals surface area contributed by atoms with Crippen LogP contribution in [0.3, 0.4) is 0 Å². The number of carbonyl (C=O) groups is 5. The Morgan fingerprint density at radius 1 is 0.500 bits per heavy atom. The molecule has 0 bridgehead atoms. The molecule has 0 fully saturated rings. The summed E-state index contributed by atoms with van der Waals surface area (Å²) in [5.74, 6) is 12.3. The van der Waals surface area contributed by atoms with Crippen molar-refractivity contribution in [2.45, 2.75) is 215 Å². The molecule has 0 saturated carbocycles. The van der Waals surface area contributed by atoms with Crippen LogP contribution in [0, 0.1) is 73.5 Å². The first kappa shape index (κ1) is 96.7. The molecule has 0 radical (unpaired) electrons. The number of nitrogens with zero attached hydrogens (tertiary/aromatic N) is 6. The summed E-state index contributed by atoms with van der Waals surface area (Å²) < 4.78 is 10.7. The van der Waals surface area contributed by atoms with Gasteiger partial charge in [0.25, 0.3) is 0 Å². The number of esters is 2. The van der Waals surface area contributed by atoms with Gasteiger partial charge in [0, 0.05) is 102 Å². The lowest BCUT2D eigenvalue weighted by Crippen LogP contribution is -2.21. The van der Waals surface area contributed by atoms with Crippen LogP contribution in [0.5, 0.6) is 0 Å². The van der Waals surface area contributed by atoms with Crippen LogP contribution in [0.2, 0.25) is 0 Å². The van der Waals surface area contributed by atoms with Gasteiger partial charge in [-0.2, -0.15) is 0 Å². The van der Waals surface area contributed by atoms with Crippen molar-refractivity contribution >= 4 is 86.3 Å². The Kier molecular flexibility index (Phi) is 42.0. The van der Waals surface area contributed by atoms with Crippen molar-refractivity contribution in [1.82, 2.24) is 0 Å². The monoisotopic (exact) mass is 1620 g/mol. The fraction of sp³-hybridized carbons (Fsp3) is 0.379. The number of carboxylic acids is 2. The van der Waals surface area contributed by atoms with Gasteiger partial charge in [0.1, 0.15) is 18.3 Å². The minimum atomic E-state index is -1.03. The molecule has 4 heterocycles. The van der Waals surface area contributed by atoms with E-state index in [0.717, 1.165) is 120 Å². The Balaban J connectivity index is 0.000000250. The molecule has 4 aromatic carbocycles. The number of nitro groups is 2. The first-order valence-corrected chi connectivity index (χ1v) is 39.8. The van der Waals surface area contributed by atoms with E-state index in [0.29, 0.717) is 50.4 Å².